The van der Waals surface area contributed by atoms with E-state index < -0.39 is 0 Å². The van der Waals surface area contributed by atoms with Gasteiger partial charge in [-0.1, -0.05) is 28.1 Å². The molecule has 78 valence electrons. The summed E-state index contributed by atoms with van der Waals surface area (Å²) >= 11 is 3.45. The Morgan fingerprint density at radius 1 is 1.50 bits per heavy atom. The molecule has 14 heavy (non-hydrogen) atoms. The molecule has 1 aromatic rings. The lowest BCUT2D eigenvalue weighted by molar-refractivity contribution is 0.520. The van der Waals surface area contributed by atoms with Gasteiger partial charge in [-0.05, 0) is 37.6 Å². The van der Waals surface area contributed by atoms with Gasteiger partial charge in [-0.3, -0.25) is 0 Å². The fraction of sp³-hybridized carbons (Fsp3) is 0.455. The normalized spacial score (nSPS) is 12.8. The summed E-state index contributed by atoms with van der Waals surface area (Å²) in [5.74, 6) is 0. The first kappa shape index (κ1) is 11.7. The van der Waals surface area contributed by atoms with Crippen molar-refractivity contribution in [2.24, 2.45) is 5.73 Å². The van der Waals surface area contributed by atoms with Gasteiger partial charge >= 0.3 is 0 Å². The smallest absolute Gasteiger partial charge is 0.0208 e. The summed E-state index contributed by atoms with van der Waals surface area (Å²) in [4.78, 5) is 0. The first-order valence-electron chi connectivity index (χ1n) is 4.90. The second-order valence-corrected chi connectivity index (χ2v) is 4.40. The molecule has 0 aromatic heterocycles. The molecule has 1 atom stereocenters. The van der Waals surface area contributed by atoms with Crippen LogP contribution < -0.4 is 11.1 Å². The van der Waals surface area contributed by atoms with Crippen molar-refractivity contribution in [3.63, 3.8) is 0 Å². The molecular formula is C11H17BrN2. The lowest BCUT2D eigenvalue weighted by Gasteiger charge is -2.12. The average Bonchev–Trinajstić information content (AvgIpc) is 2.15. The molecule has 0 saturated carbocycles. The fourth-order valence-corrected chi connectivity index (χ4v) is 1.74. The van der Waals surface area contributed by atoms with E-state index in [2.05, 4.69) is 46.4 Å². The van der Waals surface area contributed by atoms with Crippen LogP contribution in [0.3, 0.4) is 0 Å². The monoisotopic (exact) mass is 256 g/mol. The zero-order valence-corrected chi connectivity index (χ0v) is 10.0. The van der Waals surface area contributed by atoms with Crippen LogP contribution in [0.25, 0.3) is 0 Å². The van der Waals surface area contributed by atoms with Gasteiger partial charge < -0.3 is 11.1 Å². The molecule has 0 radical (unpaired) electrons. The van der Waals surface area contributed by atoms with E-state index in [-0.39, 0.29) is 0 Å². The molecule has 0 bridgehead atoms. The maximum absolute atomic E-state index is 5.48. The standard InChI is InChI=1S/C11H17BrN2/c1-9(5-6-13)14-8-10-3-2-4-11(12)7-10/h2-4,7,9,14H,5-6,8,13H2,1H3. The summed E-state index contributed by atoms with van der Waals surface area (Å²) in [6.07, 6.45) is 1.02. The van der Waals surface area contributed by atoms with Crippen molar-refractivity contribution < 1.29 is 0 Å². The third-order valence-electron chi connectivity index (χ3n) is 2.14. The largest absolute Gasteiger partial charge is 0.330 e. The van der Waals surface area contributed by atoms with Gasteiger partial charge in [0.05, 0.1) is 0 Å². The minimum atomic E-state index is 0.485. The molecule has 0 aliphatic carbocycles. The number of halogens is 1. The molecule has 3 heteroatoms. The highest BCUT2D eigenvalue weighted by Gasteiger charge is 1.99. The molecule has 0 heterocycles. The maximum Gasteiger partial charge on any atom is 0.0208 e. The quantitative estimate of drug-likeness (QED) is 0.849. The van der Waals surface area contributed by atoms with Gasteiger partial charge in [-0.25, -0.2) is 0 Å². The first-order chi connectivity index (χ1) is 6.72. The summed E-state index contributed by atoms with van der Waals surface area (Å²) in [7, 11) is 0. The number of benzene rings is 1. The Hall–Kier alpha value is -0.380. The number of hydrogen-bond acceptors (Lipinski definition) is 2. The molecule has 3 N–H and O–H groups in total. The summed E-state index contributed by atoms with van der Waals surface area (Å²) < 4.78 is 1.13. The van der Waals surface area contributed by atoms with Gasteiger partial charge in [-0.2, -0.15) is 0 Å². The Kier molecular flexibility index (Phi) is 5.15. The van der Waals surface area contributed by atoms with Gasteiger partial charge in [0, 0.05) is 17.1 Å². The fourth-order valence-electron chi connectivity index (χ4n) is 1.29. The van der Waals surface area contributed by atoms with Crippen molar-refractivity contribution >= 4 is 15.9 Å². The molecule has 2 nitrogen and oxygen atoms in total. The molecule has 1 aromatic carbocycles. The highest BCUT2D eigenvalue weighted by Crippen LogP contribution is 2.11. The molecule has 1 rings (SSSR count). The third kappa shape index (κ3) is 4.22. The van der Waals surface area contributed by atoms with Crippen LogP contribution in [0.4, 0.5) is 0 Å². The van der Waals surface area contributed by atoms with Gasteiger partial charge in [0.25, 0.3) is 0 Å². The zero-order valence-electron chi connectivity index (χ0n) is 8.46. The molecule has 0 fully saturated rings. The second kappa shape index (κ2) is 6.17. The molecular weight excluding hydrogens is 240 g/mol. The molecule has 0 saturated heterocycles. The van der Waals surface area contributed by atoms with E-state index in [9.17, 15) is 0 Å². The van der Waals surface area contributed by atoms with E-state index in [1.165, 1.54) is 5.56 Å². The Bertz CT molecular complexity index is 276. The number of nitrogens with two attached hydrogens (primary N) is 1. The maximum atomic E-state index is 5.48. The Balaban J connectivity index is 2.37. The van der Waals surface area contributed by atoms with Crippen LogP contribution in [0.2, 0.25) is 0 Å². The van der Waals surface area contributed by atoms with E-state index in [0.29, 0.717) is 6.04 Å². The molecule has 0 aliphatic rings. The van der Waals surface area contributed by atoms with Crippen LogP contribution in [0.1, 0.15) is 18.9 Å². The summed E-state index contributed by atoms with van der Waals surface area (Å²) in [6, 6.07) is 8.82. The van der Waals surface area contributed by atoms with Crippen molar-refractivity contribution in [3.8, 4) is 0 Å². The van der Waals surface area contributed by atoms with Crippen LogP contribution in [-0.2, 0) is 6.54 Å². The SMILES string of the molecule is CC(CCN)NCc1cccc(Br)c1. The van der Waals surface area contributed by atoms with E-state index in [1.807, 2.05) is 6.07 Å². The van der Waals surface area contributed by atoms with Gasteiger partial charge in [0.2, 0.25) is 0 Å². The highest BCUT2D eigenvalue weighted by molar-refractivity contribution is 9.10. The van der Waals surface area contributed by atoms with Crippen LogP contribution in [-0.4, -0.2) is 12.6 Å². The lowest BCUT2D eigenvalue weighted by atomic mass is 10.2. The summed E-state index contributed by atoms with van der Waals surface area (Å²) in [5, 5.41) is 3.43. The topological polar surface area (TPSA) is 38.0 Å². The van der Waals surface area contributed by atoms with Crippen molar-refractivity contribution in [1.29, 1.82) is 0 Å². The number of hydrogen-bond donors (Lipinski definition) is 2. The second-order valence-electron chi connectivity index (χ2n) is 3.49. The summed E-state index contributed by atoms with van der Waals surface area (Å²) in [6.45, 7) is 3.80. The first-order valence-corrected chi connectivity index (χ1v) is 5.69. The minimum absolute atomic E-state index is 0.485. The predicted octanol–water partition coefficient (Wildman–Crippen LogP) is 2.28. The molecule has 0 spiro atoms. The van der Waals surface area contributed by atoms with E-state index >= 15 is 0 Å². The Labute approximate surface area is 94.0 Å². The van der Waals surface area contributed by atoms with Crippen molar-refractivity contribution in [2.75, 3.05) is 6.54 Å². The zero-order chi connectivity index (χ0) is 10.4. The number of rotatable bonds is 5. The molecule has 1 unspecified atom stereocenters. The van der Waals surface area contributed by atoms with Crippen molar-refractivity contribution in [3.05, 3.63) is 34.3 Å². The van der Waals surface area contributed by atoms with Gasteiger partial charge in [-0.15, -0.1) is 0 Å². The van der Waals surface area contributed by atoms with Crippen LogP contribution >= 0.6 is 15.9 Å². The van der Waals surface area contributed by atoms with Crippen LogP contribution in [0, 0.1) is 0 Å². The predicted molar refractivity (Wildman–Crippen MR) is 64.1 cm³/mol. The highest BCUT2D eigenvalue weighted by atomic mass is 79.9. The third-order valence-corrected chi connectivity index (χ3v) is 2.64. The molecule has 0 amide bonds. The minimum Gasteiger partial charge on any atom is -0.330 e. The Morgan fingerprint density at radius 2 is 2.29 bits per heavy atom. The van der Waals surface area contributed by atoms with E-state index in [0.717, 1.165) is 24.0 Å². The van der Waals surface area contributed by atoms with Crippen LogP contribution in [0.5, 0.6) is 0 Å². The van der Waals surface area contributed by atoms with Gasteiger partial charge in [0.15, 0.2) is 0 Å². The Morgan fingerprint density at radius 3 is 2.93 bits per heavy atom. The lowest BCUT2D eigenvalue weighted by Crippen LogP contribution is -2.27. The van der Waals surface area contributed by atoms with Gasteiger partial charge in [0.1, 0.15) is 0 Å². The van der Waals surface area contributed by atoms with E-state index in [4.69, 9.17) is 5.73 Å². The average molecular weight is 257 g/mol. The van der Waals surface area contributed by atoms with E-state index in [1.54, 1.807) is 0 Å². The number of nitrogens with one attached hydrogen (secondary N) is 1. The summed E-state index contributed by atoms with van der Waals surface area (Å²) in [5.41, 5.74) is 6.77. The van der Waals surface area contributed by atoms with Crippen molar-refractivity contribution in [1.82, 2.24) is 5.32 Å². The van der Waals surface area contributed by atoms with Crippen LogP contribution in [0.15, 0.2) is 28.7 Å². The van der Waals surface area contributed by atoms with Crippen molar-refractivity contribution in [2.45, 2.75) is 25.9 Å². The molecule has 0 aliphatic heterocycles.